The quantitative estimate of drug-likeness (QED) is 0.773. The fraction of sp³-hybridized carbons (Fsp3) is 0.300. The smallest absolute Gasteiger partial charge is 0.158 e. The van der Waals surface area contributed by atoms with Crippen LogP contribution in [0.4, 0.5) is 17.3 Å². The predicted octanol–water partition coefficient (Wildman–Crippen LogP) is 4.56. The Balaban J connectivity index is 2.14. The summed E-state index contributed by atoms with van der Waals surface area (Å²) >= 11 is 0. The predicted molar refractivity (Wildman–Crippen MR) is 102 cm³/mol. The van der Waals surface area contributed by atoms with Crippen LogP contribution in [0, 0.1) is 0 Å². The van der Waals surface area contributed by atoms with Crippen LogP contribution in [0.25, 0.3) is 5.70 Å². The van der Waals surface area contributed by atoms with Gasteiger partial charge in [-0.1, -0.05) is 25.7 Å². The van der Waals surface area contributed by atoms with Crippen LogP contribution in [0.5, 0.6) is 0 Å². The third kappa shape index (κ3) is 2.68. The molecule has 0 aromatic carbocycles. The van der Waals surface area contributed by atoms with Crippen molar-refractivity contribution in [1.82, 2.24) is 9.97 Å². The maximum Gasteiger partial charge on any atom is 0.158 e. The van der Waals surface area contributed by atoms with Crippen LogP contribution in [0.2, 0.25) is 0 Å². The first-order chi connectivity index (χ1) is 11.6. The average molecular weight is 320 g/mol. The molecule has 0 radical (unpaired) electrons. The molecule has 2 aromatic rings. The van der Waals surface area contributed by atoms with Crippen LogP contribution in [0.1, 0.15) is 31.4 Å². The molecule has 0 aliphatic carbocycles. The number of aromatic nitrogens is 2. The molecule has 1 aliphatic rings. The lowest BCUT2D eigenvalue weighted by Gasteiger charge is -2.23. The third-order valence-electron chi connectivity index (χ3n) is 4.55. The first-order valence-electron chi connectivity index (χ1n) is 8.37. The van der Waals surface area contributed by atoms with Crippen molar-refractivity contribution < 1.29 is 0 Å². The number of fused-ring (bicyclic) bond motifs is 2. The van der Waals surface area contributed by atoms with Gasteiger partial charge in [-0.2, -0.15) is 0 Å². The molecule has 0 N–H and O–H groups in total. The summed E-state index contributed by atoms with van der Waals surface area (Å²) in [6.07, 6.45) is 5.60. The van der Waals surface area contributed by atoms with Crippen molar-refractivity contribution in [3.05, 3.63) is 60.5 Å². The van der Waals surface area contributed by atoms with Crippen LogP contribution in [0.3, 0.4) is 0 Å². The lowest BCUT2D eigenvalue weighted by atomic mass is 10.0. The number of pyridine rings is 2. The zero-order chi connectivity index (χ0) is 17.3. The van der Waals surface area contributed by atoms with E-state index in [1.165, 1.54) is 11.1 Å². The van der Waals surface area contributed by atoms with Crippen molar-refractivity contribution in [3.8, 4) is 0 Å². The molecule has 0 bridgehead atoms. The van der Waals surface area contributed by atoms with Crippen LogP contribution in [-0.4, -0.2) is 23.6 Å². The van der Waals surface area contributed by atoms with E-state index in [0.717, 1.165) is 48.0 Å². The molecular weight excluding hydrogens is 296 g/mol. The second kappa shape index (κ2) is 6.48. The van der Waals surface area contributed by atoms with Gasteiger partial charge in [0.25, 0.3) is 0 Å². The highest BCUT2D eigenvalue weighted by atomic mass is 15.3. The third-order valence-corrected chi connectivity index (χ3v) is 4.55. The SMILES string of the molecule is C=C(CC)Cc1cnc2c(c1)C(=C)N(C)c1cccnc1N2CC. The average Bonchev–Trinajstić information content (AvgIpc) is 2.70. The molecular formula is C20H24N4. The highest BCUT2D eigenvalue weighted by Crippen LogP contribution is 2.41. The number of anilines is 3. The van der Waals surface area contributed by atoms with Crippen LogP contribution < -0.4 is 9.80 Å². The standard InChI is InChI=1S/C20H24N4/c1-6-14(3)11-16-12-17-15(4)23(5)18-9-8-10-21-20(18)24(7-2)19(17)22-13-16/h8-10,12-13H,3-4,6-7,11H2,1-2,5H3. The molecule has 4 heteroatoms. The Morgan fingerprint density at radius 3 is 2.71 bits per heavy atom. The van der Waals surface area contributed by atoms with E-state index in [1.54, 1.807) is 0 Å². The van der Waals surface area contributed by atoms with Gasteiger partial charge in [0.1, 0.15) is 5.82 Å². The fourth-order valence-electron chi connectivity index (χ4n) is 3.02. The summed E-state index contributed by atoms with van der Waals surface area (Å²) in [6.45, 7) is 13.5. The molecule has 0 amide bonds. The number of rotatable bonds is 4. The van der Waals surface area contributed by atoms with E-state index in [1.807, 2.05) is 25.5 Å². The summed E-state index contributed by atoms with van der Waals surface area (Å²) in [7, 11) is 2.03. The summed E-state index contributed by atoms with van der Waals surface area (Å²) in [5.74, 6) is 1.83. The molecule has 0 unspecified atom stereocenters. The lowest BCUT2D eigenvalue weighted by molar-refractivity contribution is 0.951. The highest BCUT2D eigenvalue weighted by Gasteiger charge is 2.27. The lowest BCUT2D eigenvalue weighted by Crippen LogP contribution is -2.19. The first-order valence-corrected chi connectivity index (χ1v) is 8.37. The van der Waals surface area contributed by atoms with Crippen LogP contribution in [-0.2, 0) is 6.42 Å². The van der Waals surface area contributed by atoms with Gasteiger partial charge in [-0.3, -0.25) is 0 Å². The topological polar surface area (TPSA) is 32.3 Å². The van der Waals surface area contributed by atoms with Gasteiger partial charge in [-0.05, 0) is 43.5 Å². The van der Waals surface area contributed by atoms with Crippen molar-refractivity contribution in [1.29, 1.82) is 0 Å². The molecule has 124 valence electrons. The number of allylic oxidation sites excluding steroid dienone is 1. The van der Waals surface area contributed by atoms with Crippen molar-refractivity contribution in [2.24, 2.45) is 0 Å². The Hall–Kier alpha value is -2.62. The summed E-state index contributed by atoms with van der Waals surface area (Å²) in [4.78, 5) is 13.6. The molecule has 4 nitrogen and oxygen atoms in total. The minimum Gasteiger partial charge on any atom is -0.341 e. The first kappa shape index (κ1) is 16.2. The zero-order valence-corrected chi connectivity index (χ0v) is 14.7. The van der Waals surface area contributed by atoms with Gasteiger partial charge in [0.05, 0.1) is 5.69 Å². The number of hydrogen-bond donors (Lipinski definition) is 0. The molecule has 0 saturated carbocycles. The van der Waals surface area contributed by atoms with Crippen LogP contribution in [0.15, 0.2) is 49.3 Å². The van der Waals surface area contributed by atoms with Crippen molar-refractivity contribution in [3.63, 3.8) is 0 Å². The van der Waals surface area contributed by atoms with E-state index < -0.39 is 0 Å². The normalized spacial score (nSPS) is 13.4. The molecule has 24 heavy (non-hydrogen) atoms. The molecule has 0 fully saturated rings. The molecule has 0 atom stereocenters. The molecule has 1 aliphatic heterocycles. The zero-order valence-electron chi connectivity index (χ0n) is 14.7. The maximum atomic E-state index is 4.76. The Kier molecular flexibility index (Phi) is 4.38. The van der Waals surface area contributed by atoms with Crippen LogP contribution >= 0.6 is 0 Å². The summed E-state index contributed by atoms with van der Waals surface area (Å²) in [5.41, 5.74) is 5.42. The Morgan fingerprint density at radius 2 is 2.00 bits per heavy atom. The van der Waals surface area contributed by atoms with Gasteiger partial charge in [0.2, 0.25) is 0 Å². The van der Waals surface area contributed by atoms with E-state index in [-0.39, 0.29) is 0 Å². The van der Waals surface area contributed by atoms with Gasteiger partial charge in [-0.25, -0.2) is 9.97 Å². The summed E-state index contributed by atoms with van der Waals surface area (Å²) in [5, 5.41) is 0. The van der Waals surface area contributed by atoms with E-state index >= 15 is 0 Å². The number of nitrogens with zero attached hydrogens (tertiary/aromatic N) is 4. The largest absolute Gasteiger partial charge is 0.341 e. The van der Waals surface area contributed by atoms with Crippen molar-refractivity contribution >= 4 is 23.0 Å². The maximum absolute atomic E-state index is 4.76. The molecule has 2 aromatic heterocycles. The highest BCUT2D eigenvalue weighted by molar-refractivity contribution is 5.92. The minimum absolute atomic E-state index is 0.798. The van der Waals surface area contributed by atoms with E-state index in [2.05, 4.69) is 53.9 Å². The summed E-state index contributed by atoms with van der Waals surface area (Å²) < 4.78 is 0. The second-order valence-corrected chi connectivity index (χ2v) is 6.09. The van der Waals surface area contributed by atoms with Crippen molar-refractivity contribution in [2.75, 3.05) is 23.4 Å². The van der Waals surface area contributed by atoms with Gasteiger partial charge < -0.3 is 9.80 Å². The minimum atomic E-state index is 0.798. The van der Waals surface area contributed by atoms with Gasteiger partial charge in [0.15, 0.2) is 5.82 Å². The molecule has 0 saturated heterocycles. The molecule has 3 rings (SSSR count). The fourth-order valence-corrected chi connectivity index (χ4v) is 3.02. The van der Waals surface area contributed by atoms with E-state index in [9.17, 15) is 0 Å². The monoisotopic (exact) mass is 320 g/mol. The number of hydrogen-bond acceptors (Lipinski definition) is 4. The van der Waals surface area contributed by atoms with E-state index in [4.69, 9.17) is 4.98 Å². The van der Waals surface area contributed by atoms with Crippen molar-refractivity contribution in [2.45, 2.75) is 26.7 Å². The Bertz CT molecular complexity index is 794. The Labute approximate surface area is 144 Å². The molecule has 3 heterocycles. The summed E-state index contributed by atoms with van der Waals surface area (Å²) in [6, 6.07) is 6.22. The van der Waals surface area contributed by atoms with Gasteiger partial charge in [-0.15, -0.1) is 0 Å². The Morgan fingerprint density at radius 1 is 1.21 bits per heavy atom. The van der Waals surface area contributed by atoms with Gasteiger partial charge >= 0.3 is 0 Å². The second-order valence-electron chi connectivity index (χ2n) is 6.09. The van der Waals surface area contributed by atoms with Gasteiger partial charge in [0, 0.05) is 37.2 Å². The van der Waals surface area contributed by atoms with E-state index in [0.29, 0.717) is 0 Å². The molecule has 0 spiro atoms.